The Labute approximate surface area is 167 Å². The molecule has 3 aliphatic rings. The van der Waals surface area contributed by atoms with E-state index in [0.717, 1.165) is 66.1 Å². The lowest BCUT2D eigenvalue weighted by Gasteiger charge is -2.45. The number of carbonyl (C=O) groups excluding carboxylic acids is 1. The molecule has 1 aromatic carbocycles. The van der Waals surface area contributed by atoms with Crippen molar-refractivity contribution < 1.29 is 9.18 Å². The molecule has 0 saturated carbocycles. The van der Waals surface area contributed by atoms with Crippen molar-refractivity contribution in [2.75, 3.05) is 13.1 Å². The van der Waals surface area contributed by atoms with Crippen molar-refractivity contribution >= 4 is 5.91 Å². The first-order chi connectivity index (χ1) is 14.0. The lowest BCUT2D eigenvalue weighted by Crippen LogP contribution is -2.71. The van der Waals surface area contributed by atoms with Crippen LogP contribution >= 0.6 is 0 Å². The van der Waals surface area contributed by atoms with Crippen LogP contribution in [0.25, 0.3) is 22.8 Å². The Bertz CT molecular complexity index is 1190. The van der Waals surface area contributed by atoms with E-state index < -0.39 is 0 Å². The fraction of sp³-hybridized carbons (Fsp3) is 0.318. The van der Waals surface area contributed by atoms with Crippen molar-refractivity contribution in [3.05, 3.63) is 58.7 Å². The smallest absolute Gasteiger partial charge is 0.253 e. The Hall–Kier alpha value is -3.06. The lowest BCUT2D eigenvalue weighted by molar-refractivity contribution is 0.0824. The fourth-order valence-corrected chi connectivity index (χ4v) is 4.95. The molecule has 0 unspecified atom stereocenters. The number of nitrogens with one attached hydrogen (secondary N) is 2. The van der Waals surface area contributed by atoms with Crippen molar-refractivity contribution in [3.63, 3.8) is 0 Å². The average molecular weight is 389 g/mol. The van der Waals surface area contributed by atoms with Crippen LogP contribution in [0, 0.1) is 5.82 Å². The number of halogens is 1. The molecule has 2 N–H and O–H groups in total. The molecule has 146 valence electrons. The predicted molar refractivity (Wildman–Crippen MR) is 106 cm³/mol. The zero-order chi connectivity index (χ0) is 19.8. The Balaban J connectivity index is 1.53. The van der Waals surface area contributed by atoms with Crippen molar-refractivity contribution in [2.24, 2.45) is 7.05 Å². The summed E-state index contributed by atoms with van der Waals surface area (Å²) >= 11 is 0. The maximum Gasteiger partial charge on any atom is 0.253 e. The number of hydrogen-bond acceptors (Lipinski definition) is 4. The highest BCUT2D eigenvalue weighted by Gasteiger charge is 2.46. The molecule has 1 fully saturated rings. The van der Waals surface area contributed by atoms with E-state index in [9.17, 15) is 9.18 Å². The Kier molecular flexibility index (Phi) is 3.33. The van der Waals surface area contributed by atoms with Crippen LogP contribution < -0.4 is 10.6 Å². The standard InChI is InChI=1S/C22H20FN5O/c1-28-16-8-22(10-24-11-22)27-21(29)17(16)15-6-5-13-9-25-20(26-18(13)19(15)28)12-3-2-4-14(23)7-12/h2-4,7,9,24H,5-6,8,10-11H2,1H3,(H,27,29). The molecule has 4 heterocycles. The molecule has 0 atom stereocenters. The van der Waals surface area contributed by atoms with Crippen LogP contribution in [0.3, 0.4) is 0 Å². The van der Waals surface area contributed by atoms with Gasteiger partial charge in [-0.15, -0.1) is 0 Å². The Morgan fingerprint density at radius 1 is 1.24 bits per heavy atom. The van der Waals surface area contributed by atoms with Crippen molar-refractivity contribution in [3.8, 4) is 22.8 Å². The second kappa shape index (κ2) is 5.73. The zero-order valence-corrected chi connectivity index (χ0v) is 16.1. The third-order valence-corrected chi connectivity index (χ3v) is 6.47. The Morgan fingerprint density at radius 2 is 2.10 bits per heavy atom. The minimum Gasteiger partial charge on any atom is -0.345 e. The summed E-state index contributed by atoms with van der Waals surface area (Å²) in [5.74, 6) is 0.210. The first kappa shape index (κ1) is 16.9. The van der Waals surface area contributed by atoms with Gasteiger partial charge >= 0.3 is 0 Å². The van der Waals surface area contributed by atoms with E-state index in [4.69, 9.17) is 4.98 Å². The first-order valence-electron chi connectivity index (χ1n) is 9.91. The van der Waals surface area contributed by atoms with Crippen molar-refractivity contribution in [2.45, 2.75) is 24.8 Å². The fourth-order valence-electron chi connectivity index (χ4n) is 4.95. The number of hydrogen-bond donors (Lipinski definition) is 2. The molecule has 0 radical (unpaired) electrons. The van der Waals surface area contributed by atoms with Gasteiger partial charge in [0.1, 0.15) is 5.82 Å². The number of fused-ring (bicyclic) bond motifs is 5. The van der Waals surface area contributed by atoms with Crippen LogP contribution in [0.2, 0.25) is 0 Å². The molecule has 1 aliphatic carbocycles. The van der Waals surface area contributed by atoms with Gasteiger partial charge in [-0.1, -0.05) is 12.1 Å². The minimum absolute atomic E-state index is 0.0208. The summed E-state index contributed by atoms with van der Waals surface area (Å²) in [6.07, 6.45) is 4.26. The van der Waals surface area contributed by atoms with Gasteiger partial charge in [0.2, 0.25) is 0 Å². The summed E-state index contributed by atoms with van der Waals surface area (Å²) < 4.78 is 15.8. The molecule has 6 nitrogen and oxygen atoms in total. The first-order valence-corrected chi connectivity index (χ1v) is 9.91. The van der Waals surface area contributed by atoms with E-state index in [1.807, 2.05) is 19.3 Å². The van der Waals surface area contributed by atoms with Gasteiger partial charge < -0.3 is 15.2 Å². The van der Waals surface area contributed by atoms with Gasteiger partial charge in [0.05, 0.1) is 22.5 Å². The molecule has 29 heavy (non-hydrogen) atoms. The number of carbonyl (C=O) groups is 1. The molecule has 1 saturated heterocycles. The van der Waals surface area contributed by atoms with Crippen LogP contribution in [-0.2, 0) is 26.3 Å². The normalized spacial score (nSPS) is 18.5. The molecule has 0 bridgehead atoms. The number of aromatic nitrogens is 3. The molecule has 7 heteroatoms. The van der Waals surface area contributed by atoms with Gasteiger partial charge in [-0.2, -0.15) is 0 Å². The summed E-state index contributed by atoms with van der Waals surface area (Å²) in [5, 5.41) is 6.50. The van der Waals surface area contributed by atoms with Gasteiger partial charge in [0.15, 0.2) is 5.82 Å². The topological polar surface area (TPSA) is 71.8 Å². The van der Waals surface area contributed by atoms with Crippen LogP contribution in [0.4, 0.5) is 4.39 Å². The lowest BCUT2D eigenvalue weighted by atomic mass is 9.81. The number of aryl methyl sites for hydroxylation is 1. The van der Waals surface area contributed by atoms with Crippen LogP contribution in [-0.4, -0.2) is 39.1 Å². The molecule has 6 rings (SSSR count). The van der Waals surface area contributed by atoms with Gasteiger partial charge in [-0.25, -0.2) is 14.4 Å². The largest absolute Gasteiger partial charge is 0.345 e. The number of amides is 1. The van der Waals surface area contributed by atoms with E-state index >= 15 is 0 Å². The predicted octanol–water partition coefficient (Wildman–Crippen LogP) is 2.01. The maximum atomic E-state index is 13.7. The number of benzene rings is 1. The molecule has 2 aromatic heterocycles. The zero-order valence-electron chi connectivity index (χ0n) is 16.1. The monoisotopic (exact) mass is 389 g/mol. The minimum atomic E-state index is -0.310. The molecule has 1 amide bonds. The number of nitrogens with zero attached hydrogens (tertiary/aromatic N) is 3. The third kappa shape index (κ3) is 2.34. The second-order valence-corrected chi connectivity index (χ2v) is 8.30. The van der Waals surface area contributed by atoms with Gasteiger partial charge in [-0.05, 0) is 36.1 Å². The maximum absolute atomic E-state index is 13.7. The van der Waals surface area contributed by atoms with E-state index in [0.29, 0.717) is 11.4 Å². The molecule has 3 aromatic rings. The molecule has 2 aliphatic heterocycles. The van der Waals surface area contributed by atoms with E-state index in [1.54, 1.807) is 6.07 Å². The number of rotatable bonds is 1. The van der Waals surface area contributed by atoms with Crippen molar-refractivity contribution in [1.82, 2.24) is 25.2 Å². The van der Waals surface area contributed by atoms with Crippen LogP contribution in [0.5, 0.6) is 0 Å². The van der Waals surface area contributed by atoms with E-state index in [2.05, 4.69) is 20.2 Å². The quantitative estimate of drug-likeness (QED) is 0.668. The summed E-state index contributed by atoms with van der Waals surface area (Å²) in [5.41, 5.74) is 6.36. The van der Waals surface area contributed by atoms with Gasteiger partial charge in [0.25, 0.3) is 5.91 Å². The summed E-state index contributed by atoms with van der Waals surface area (Å²) in [6.45, 7) is 1.60. The molecular weight excluding hydrogens is 369 g/mol. The van der Waals surface area contributed by atoms with Crippen LogP contribution in [0.1, 0.15) is 27.2 Å². The van der Waals surface area contributed by atoms with Crippen molar-refractivity contribution in [1.29, 1.82) is 0 Å². The second-order valence-electron chi connectivity index (χ2n) is 8.30. The van der Waals surface area contributed by atoms with Gasteiger partial charge in [-0.3, -0.25) is 4.79 Å². The molecule has 1 spiro atoms. The highest BCUT2D eigenvalue weighted by atomic mass is 19.1. The highest BCUT2D eigenvalue weighted by Crippen LogP contribution is 2.40. The van der Waals surface area contributed by atoms with Gasteiger partial charge in [0, 0.05) is 44.0 Å². The SMILES string of the molecule is Cn1c2c(c3c1-c1nc(-c4cccc(F)c4)ncc1CC3)C(=O)NC1(CNC1)C2. The summed E-state index contributed by atoms with van der Waals surface area (Å²) in [4.78, 5) is 22.3. The Morgan fingerprint density at radius 3 is 2.86 bits per heavy atom. The van der Waals surface area contributed by atoms with Crippen LogP contribution in [0.15, 0.2) is 30.5 Å². The average Bonchev–Trinajstić information content (AvgIpc) is 2.99. The third-order valence-electron chi connectivity index (χ3n) is 6.47. The summed E-state index contributed by atoms with van der Waals surface area (Å²) in [6, 6.07) is 6.33. The van der Waals surface area contributed by atoms with E-state index in [-0.39, 0.29) is 17.3 Å². The van der Waals surface area contributed by atoms with E-state index in [1.165, 1.54) is 12.1 Å². The summed E-state index contributed by atoms with van der Waals surface area (Å²) in [7, 11) is 2.02. The highest BCUT2D eigenvalue weighted by molar-refractivity contribution is 6.01. The molecular formula is C22H20FN5O.